The van der Waals surface area contributed by atoms with Crippen molar-refractivity contribution in [2.24, 2.45) is 0 Å². The van der Waals surface area contributed by atoms with E-state index in [4.69, 9.17) is 4.74 Å². The first-order chi connectivity index (χ1) is 11.6. The first kappa shape index (κ1) is 16.7. The third kappa shape index (κ3) is 4.21. The fourth-order valence-electron chi connectivity index (χ4n) is 2.42. The minimum absolute atomic E-state index is 0.135. The third-order valence-corrected chi connectivity index (χ3v) is 4.08. The van der Waals surface area contributed by atoms with Crippen LogP contribution in [0.2, 0.25) is 0 Å². The Morgan fingerprint density at radius 2 is 2.04 bits per heavy atom. The van der Waals surface area contributed by atoms with E-state index in [9.17, 15) is 9.59 Å². The molecule has 3 rings (SSSR count). The predicted molar refractivity (Wildman–Crippen MR) is 94.3 cm³/mol. The normalized spacial score (nSPS) is 14.5. The quantitative estimate of drug-likeness (QED) is 0.852. The molecule has 7 nitrogen and oxygen atoms in total. The van der Waals surface area contributed by atoms with Crippen LogP contribution in [0.15, 0.2) is 45.7 Å². The molecule has 1 aliphatic heterocycles. The van der Waals surface area contributed by atoms with Crippen LogP contribution in [0.25, 0.3) is 0 Å². The van der Waals surface area contributed by atoms with Gasteiger partial charge in [-0.25, -0.2) is 4.68 Å². The molecule has 0 radical (unpaired) electrons. The molecular weight excluding hydrogens is 376 g/mol. The van der Waals surface area contributed by atoms with Crippen LogP contribution in [0.5, 0.6) is 0 Å². The average Bonchev–Trinajstić information content (AvgIpc) is 2.57. The van der Waals surface area contributed by atoms with Crippen molar-refractivity contribution >= 4 is 33.3 Å². The SMILES string of the molecule is O=C(Cn1nc(N2CCOCC2)ccc1=O)Nc1cccc(Br)c1. The number of carbonyl (C=O) groups is 1. The van der Waals surface area contributed by atoms with E-state index in [2.05, 4.69) is 26.3 Å². The van der Waals surface area contributed by atoms with Crippen molar-refractivity contribution in [3.8, 4) is 0 Å². The first-order valence-electron chi connectivity index (χ1n) is 7.58. The minimum Gasteiger partial charge on any atom is -0.378 e. The smallest absolute Gasteiger partial charge is 0.267 e. The highest BCUT2D eigenvalue weighted by Crippen LogP contribution is 2.15. The summed E-state index contributed by atoms with van der Waals surface area (Å²) < 4.78 is 7.35. The number of ether oxygens (including phenoxy) is 1. The molecule has 2 heterocycles. The van der Waals surface area contributed by atoms with E-state index in [0.717, 1.165) is 17.6 Å². The summed E-state index contributed by atoms with van der Waals surface area (Å²) in [6.07, 6.45) is 0. The maximum atomic E-state index is 12.2. The summed E-state index contributed by atoms with van der Waals surface area (Å²) in [5, 5.41) is 7.05. The van der Waals surface area contributed by atoms with Crippen LogP contribution in [-0.4, -0.2) is 42.0 Å². The second kappa shape index (κ2) is 7.59. The van der Waals surface area contributed by atoms with Gasteiger partial charge >= 0.3 is 0 Å². The monoisotopic (exact) mass is 392 g/mol. The van der Waals surface area contributed by atoms with Gasteiger partial charge in [-0.1, -0.05) is 22.0 Å². The second-order valence-electron chi connectivity index (χ2n) is 5.35. The van der Waals surface area contributed by atoms with Crippen molar-refractivity contribution in [1.82, 2.24) is 9.78 Å². The molecule has 1 aliphatic rings. The molecule has 2 aromatic rings. The van der Waals surface area contributed by atoms with Crippen molar-refractivity contribution in [2.75, 3.05) is 36.5 Å². The van der Waals surface area contributed by atoms with Crippen molar-refractivity contribution in [3.05, 3.63) is 51.2 Å². The third-order valence-electron chi connectivity index (χ3n) is 3.59. The molecule has 1 N–H and O–H groups in total. The largest absolute Gasteiger partial charge is 0.378 e. The molecule has 1 aromatic heterocycles. The van der Waals surface area contributed by atoms with Gasteiger partial charge in [0.1, 0.15) is 12.4 Å². The Balaban J connectivity index is 1.71. The van der Waals surface area contributed by atoms with Crippen LogP contribution in [0.3, 0.4) is 0 Å². The van der Waals surface area contributed by atoms with Gasteiger partial charge in [-0.2, -0.15) is 5.10 Å². The van der Waals surface area contributed by atoms with Crippen LogP contribution < -0.4 is 15.8 Å². The van der Waals surface area contributed by atoms with E-state index in [0.29, 0.717) is 24.7 Å². The van der Waals surface area contributed by atoms with Gasteiger partial charge in [0, 0.05) is 29.3 Å². The number of aromatic nitrogens is 2. The molecule has 0 spiro atoms. The standard InChI is InChI=1S/C16H17BrN4O3/c17-12-2-1-3-13(10-12)18-15(22)11-21-16(23)5-4-14(19-21)20-6-8-24-9-7-20/h1-5,10H,6-9,11H2,(H,18,22). The topological polar surface area (TPSA) is 76.5 Å². The summed E-state index contributed by atoms with van der Waals surface area (Å²) in [6, 6.07) is 10.4. The fraction of sp³-hybridized carbons (Fsp3) is 0.312. The van der Waals surface area contributed by atoms with Crippen molar-refractivity contribution in [1.29, 1.82) is 0 Å². The molecule has 0 bridgehead atoms. The van der Waals surface area contributed by atoms with Crippen molar-refractivity contribution in [2.45, 2.75) is 6.54 Å². The van der Waals surface area contributed by atoms with Gasteiger partial charge in [-0.15, -0.1) is 0 Å². The number of amides is 1. The Morgan fingerprint density at radius 1 is 1.25 bits per heavy atom. The summed E-state index contributed by atoms with van der Waals surface area (Å²) >= 11 is 3.35. The number of morpholine rings is 1. The van der Waals surface area contributed by atoms with E-state index in [-0.39, 0.29) is 18.0 Å². The fourth-order valence-corrected chi connectivity index (χ4v) is 2.81. The highest BCUT2D eigenvalue weighted by Gasteiger charge is 2.14. The molecule has 1 fully saturated rings. The Bertz CT molecular complexity index is 787. The van der Waals surface area contributed by atoms with Gasteiger partial charge in [-0.05, 0) is 24.3 Å². The zero-order valence-electron chi connectivity index (χ0n) is 12.9. The van der Waals surface area contributed by atoms with Crippen LogP contribution in [-0.2, 0) is 16.1 Å². The van der Waals surface area contributed by atoms with Crippen LogP contribution in [0.1, 0.15) is 0 Å². The number of rotatable bonds is 4. The summed E-state index contributed by atoms with van der Waals surface area (Å²) in [5.41, 5.74) is 0.350. The second-order valence-corrected chi connectivity index (χ2v) is 6.26. The lowest BCUT2D eigenvalue weighted by Gasteiger charge is -2.27. The molecule has 1 aromatic carbocycles. The number of halogens is 1. The molecule has 0 atom stereocenters. The lowest BCUT2D eigenvalue weighted by atomic mass is 10.3. The highest BCUT2D eigenvalue weighted by atomic mass is 79.9. The average molecular weight is 393 g/mol. The number of benzene rings is 1. The highest BCUT2D eigenvalue weighted by molar-refractivity contribution is 9.10. The Kier molecular flexibility index (Phi) is 5.27. The number of hydrogen-bond acceptors (Lipinski definition) is 5. The lowest BCUT2D eigenvalue weighted by Crippen LogP contribution is -2.38. The summed E-state index contributed by atoms with van der Waals surface area (Å²) in [6.45, 7) is 2.56. The van der Waals surface area contributed by atoms with E-state index in [1.165, 1.54) is 10.7 Å². The van der Waals surface area contributed by atoms with Crippen LogP contribution >= 0.6 is 15.9 Å². The Hall–Kier alpha value is -2.19. The Morgan fingerprint density at radius 3 is 2.79 bits per heavy atom. The van der Waals surface area contributed by atoms with Crippen molar-refractivity contribution < 1.29 is 9.53 Å². The molecule has 8 heteroatoms. The zero-order valence-corrected chi connectivity index (χ0v) is 14.5. The zero-order chi connectivity index (χ0) is 16.9. The summed E-state index contributed by atoms with van der Waals surface area (Å²) in [5.74, 6) is 0.370. The van der Waals surface area contributed by atoms with Gasteiger partial charge in [0.2, 0.25) is 5.91 Å². The van der Waals surface area contributed by atoms with Crippen LogP contribution in [0.4, 0.5) is 11.5 Å². The van der Waals surface area contributed by atoms with E-state index in [1.54, 1.807) is 18.2 Å². The van der Waals surface area contributed by atoms with E-state index >= 15 is 0 Å². The number of nitrogens with zero attached hydrogens (tertiary/aromatic N) is 3. The molecule has 24 heavy (non-hydrogen) atoms. The lowest BCUT2D eigenvalue weighted by molar-refractivity contribution is -0.117. The minimum atomic E-state index is -0.309. The maximum Gasteiger partial charge on any atom is 0.267 e. The van der Waals surface area contributed by atoms with Gasteiger partial charge in [0.05, 0.1) is 13.2 Å². The Labute approximate surface area is 147 Å². The number of anilines is 2. The number of carbonyl (C=O) groups excluding carboxylic acids is 1. The molecule has 0 aliphatic carbocycles. The predicted octanol–water partition coefficient (Wildman–Crippen LogP) is 1.48. The molecule has 0 unspecified atom stereocenters. The van der Waals surface area contributed by atoms with Gasteiger partial charge in [0.25, 0.3) is 5.56 Å². The first-order valence-corrected chi connectivity index (χ1v) is 8.37. The van der Waals surface area contributed by atoms with E-state index < -0.39 is 0 Å². The van der Waals surface area contributed by atoms with Gasteiger partial charge in [0.15, 0.2) is 0 Å². The number of hydrogen-bond donors (Lipinski definition) is 1. The van der Waals surface area contributed by atoms with Crippen molar-refractivity contribution in [3.63, 3.8) is 0 Å². The summed E-state index contributed by atoms with van der Waals surface area (Å²) in [7, 11) is 0. The molecular formula is C16H17BrN4O3. The summed E-state index contributed by atoms with van der Waals surface area (Å²) in [4.78, 5) is 26.2. The van der Waals surface area contributed by atoms with E-state index in [1.807, 2.05) is 17.0 Å². The molecule has 1 saturated heterocycles. The molecule has 1 amide bonds. The van der Waals surface area contributed by atoms with Gasteiger partial charge < -0.3 is 15.0 Å². The molecule has 0 saturated carbocycles. The van der Waals surface area contributed by atoms with Gasteiger partial charge in [-0.3, -0.25) is 9.59 Å². The number of nitrogens with one attached hydrogen (secondary N) is 1. The maximum absolute atomic E-state index is 12.2. The van der Waals surface area contributed by atoms with Crippen LogP contribution in [0, 0.1) is 0 Å². The molecule has 126 valence electrons.